The Balaban J connectivity index is 1.58. The number of likely N-dealkylation sites (N-methyl/N-ethyl adjacent to an activating group) is 1. The molecule has 31 heavy (non-hydrogen) atoms. The van der Waals surface area contributed by atoms with Gasteiger partial charge in [0.25, 0.3) is 0 Å². The molecule has 8 nitrogen and oxygen atoms in total. The minimum absolute atomic E-state index is 0.726. The van der Waals surface area contributed by atoms with Crippen molar-refractivity contribution in [1.82, 2.24) is 29.3 Å². The lowest BCUT2D eigenvalue weighted by atomic mass is 10.2. The predicted octanol–water partition coefficient (Wildman–Crippen LogP) is 3.11. The highest BCUT2D eigenvalue weighted by atomic mass is 79.9. The number of rotatable bonds is 8. The zero-order valence-corrected chi connectivity index (χ0v) is 20.4. The van der Waals surface area contributed by atoms with Gasteiger partial charge in [-0.1, -0.05) is 0 Å². The van der Waals surface area contributed by atoms with E-state index in [2.05, 4.69) is 79.6 Å². The van der Waals surface area contributed by atoms with E-state index in [4.69, 9.17) is 9.72 Å². The summed E-state index contributed by atoms with van der Waals surface area (Å²) in [6.07, 6.45) is 1.82. The Morgan fingerprint density at radius 1 is 1.23 bits per heavy atom. The van der Waals surface area contributed by atoms with Gasteiger partial charge >= 0.3 is 0 Å². The number of halogens is 1. The highest BCUT2D eigenvalue weighted by Gasteiger charge is 2.18. The first-order chi connectivity index (χ1) is 14.9. The number of morpholine rings is 1. The van der Waals surface area contributed by atoms with E-state index in [0.717, 1.165) is 85.2 Å². The first kappa shape index (κ1) is 22.3. The fourth-order valence-electron chi connectivity index (χ4n) is 4.09. The van der Waals surface area contributed by atoms with Crippen LogP contribution in [0, 0.1) is 13.8 Å². The van der Waals surface area contributed by atoms with Crippen molar-refractivity contribution in [3.05, 3.63) is 28.1 Å². The molecule has 0 aromatic carbocycles. The number of imidazole rings is 1. The summed E-state index contributed by atoms with van der Waals surface area (Å²) in [4.78, 5) is 17.5. The predicted molar refractivity (Wildman–Crippen MR) is 129 cm³/mol. The first-order valence-corrected chi connectivity index (χ1v) is 11.6. The molecule has 0 radical (unpaired) electrons. The van der Waals surface area contributed by atoms with Crippen molar-refractivity contribution in [2.24, 2.45) is 0 Å². The zero-order chi connectivity index (χ0) is 22.0. The average Bonchev–Trinajstić information content (AvgIpc) is 3.29. The number of nitrogens with one attached hydrogen (secondary N) is 2. The second-order valence-electron chi connectivity index (χ2n) is 8.39. The van der Waals surface area contributed by atoms with Crippen molar-refractivity contribution in [3.63, 3.8) is 0 Å². The molecule has 168 valence electrons. The Kier molecular flexibility index (Phi) is 6.95. The van der Waals surface area contributed by atoms with E-state index >= 15 is 0 Å². The molecule has 4 rings (SSSR count). The number of pyridine rings is 1. The maximum absolute atomic E-state index is 5.47. The number of aromatic nitrogens is 4. The van der Waals surface area contributed by atoms with Crippen LogP contribution in [0.5, 0.6) is 0 Å². The third-order valence-electron chi connectivity index (χ3n) is 5.91. The van der Waals surface area contributed by atoms with Gasteiger partial charge in [0.05, 0.1) is 23.4 Å². The van der Waals surface area contributed by atoms with Crippen molar-refractivity contribution in [2.75, 3.05) is 65.3 Å². The number of aromatic amines is 1. The minimum atomic E-state index is 0.726. The standard InChI is InChI=1S/C22H32BrN7O/c1-15-13-17(16(2)30(15)8-7-29-9-11-31-12-10-29)21-26-20-19(24-5-6-28(3)4)18(23)14-25-22(20)27-21/h13-14H,5-12H2,1-4H3,(H2,24,25,26,27). The SMILES string of the molecule is Cc1cc(-c2nc3ncc(Br)c(NCCN(C)C)c3[nH]2)c(C)n1CCN1CCOCC1. The Hall–Kier alpha value is -1.94. The van der Waals surface area contributed by atoms with E-state index < -0.39 is 0 Å². The monoisotopic (exact) mass is 489 g/mol. The van der Waals surface area contributed by atoms with Crippen LogP contribution in [0.25, 0.3) is 22.6 Å². The van der Waals surface area contributed by atoms with E-state index in [0.29, 0.717) is 0 Å². The topological polar surface area (TPSA) is 74.2 Å². The third-order valence-corrected chi connectivity index (χ3v) is 6.51. The number of aryl methyl sites for hydroxylation is 1. The largest absolute Gasteiger partial charge is 0.381 e. The molecule has 1 aliphatic heterocycles. The van der Waals surface area contributed by atoms with Crippen LogP contribution in [-0.2, 0) is 11.3 Å². The van der Waals surface area contributed by atoms with Crippen LogP contribution in [0.4, 0.5) is 5.69 Å². The van der Waals surface area contributed by atoms with Gasteiger partial charge in [-0.25, -0.2) is 9.97 Å². The van der Waals surface area contributed by atoms with Crippen LogP contribution in [-0.4, -0.2) is 89.4 Å². The fraction of sp³-hybridized carbons (Fsp3) is 0.545. The Morgan fingerprint density at radius 3 is 2.74 bits per heavy atom. The van der Waals surface area contributed by atoms with E-state index in [1.807, 2.05) is 6.20 Å². The number of anilines is 1. The Bertz CT molecular complexity index is 1040. The molecule has 4 heterocycles. The highest BCUT2D eigenvalue weighted by molar-refractivity contribution is 9.10. The average molecular weight is 490 g/mol. The highest BCUT2D eigenvalue weighted by Crippen LogP contribution is 2.32. The number of hydrogen-bond acceptors (Lipinski definition) is 6. The maximum atomic E-state index is 5.47. The summed E-state index contributed by atoms with van der Waals surface area (Å²) in [6, 6.07) is 2.22. The molecule has 0 unspecified atom stereocenters. The van der Waals surface area contributed by atoms with Crippen molar-refractivity contribution in [2.45, 2.75) is 20.4 Å². The molecule has 3 aromatic heterocycles. The zero-order valence-electron chi connectivity index (χ0n) is 18.8. The van der Waals surface area contributed by atoms with Crippen LogP contribution in [0.2, 0.25) is 0 Å². The van der Waals surface area contributed by atoms with Crippen molar-refractivity contribution in [1.29, 1.82) is 0 Å². The van der Waals surface area contributed by atoms with Gasteiger partial charge in [0.1, 0.15) is 11.3 Å². The van der Waals surface area contributed by atoms with Gasteiger partial charge < -0.3 is 24.5 Å². The Labute approximate surface area is 192 Å². The minimum Gasteiger partial charge on any atom is -0.381 e. The number of hydrogen-bond donors (Lipinski definition) is 2. The molecule has 0 amide bonds. The molecule has 1 aliphatic rings. The van der Waals surface area contributed by atoms with Crippen LogP contribution < -0.4 is 5.32 Å². The van der Waals surface area contributed by atoms with Crippen molar-refractivity contribution in [3.8, 4) is 11.4 Å². The van der Waals surface area contributed by atoms with E-state index in [1.54, 1.807) is 0 Å². The van der Waals surface area contributed by atoms with Gasteiger partial charge in [0.15, 0.2) is 5.65 Å². The summed E-state index contributed by atoms with van der Waals surface area (Å²) in [5.41, 5.74) is 6.27. The molecular formula is C22H32BrN7O. The molecule has 0 saturated carbocycles. The van der Waals surface area contributed by atoms with Gasteiger partial charge in [-0.05, 0) is 49.9 Å². The van der Waals surface area contributed by atoms with E-state index in [9.17, 15) is 0 Å². The normalized spacial score (nSPS) is 15.3. The number of nitrogens with zero attached hydrogens (tertiary/aromatic N) is 5. The molecule has 0 spiro atoms. The number of ether oxygens (including phenoxy) is 1. The summed E-state index contributed by atoms with van der Waals surface area (Å²) in [5.74, 6) is 0.863. The first-order valence-electron chi connectivity index (χ1n) is 10.8. The molecule has 9 heteroatoms. The summed E-state index contributed by atoms with van der Waals surface area (Å²) in [7, 11) is 4.14. The van der Waals surface area contributed by atoms with Gasteiger partial charge in [-0.15, -0.1) is 0 Å². The molecule has 3 aromatic rings. The number of H-pyrrole nitrogens is 1. The lowest BCUT2D eigenvalue weighted by Crippen LogP contribution is -2.38. The summed E-state index contributed by atoms with van der Waals surface area (Å²) in [5, 5.41) is 3.52. The summed E-state index contributed by atoms with van der Waals surface area (Å²) < 4.78 is 8.79. The fourth-order valence-corrected chi connectivity index (χ4v) is 4.53. The molecule has 0 bridgehead atoms. The van der Waals surface area contributed by atoms with E-state index in [-0.39, 0.29) is 0 Å². The molecule has 1 saturated heterocycles. The second-order valence-corrected chi connectivity index (χ2v) is 9.24. The lowest BCUT2D eigenvalue weighted by Gasteiger charge is -2.27. The van der Waals surface area contributed by atoms with Gasteiger partial charge in [-0.3, -0.25) is 4.90 Å². The van der Waals surface area contributed by atoms with Crippen LogP contribution in [0.15, 0.2) is 16.7 Å². The summed E-state index contributed by atoms with van der Waals surface area (Å²) >= 11 is 3.63. The van der Waals surface area contributed by atoms with Crippen molar-refractivity contribution < 1.29 is 4.74 Å². The molecular weight excluding hydrogens is 458 g/mol. The molecule has 0 atom stereocenters. The van der Waals surface area contributed by atoms with Crippen LogP contribution in [0.3, 0.4) is 0 Å². The van der Waals surface area contributed by atoms with Gasteiger partial charge in [0, 0.05) is 62.4 Å². The second kappa shape index (κ2) is 9.68. The smallest absolute Gasteiger partial charge is 0.180 e. The lowest BCUT2D eigenvalue weighted by molar-refractivity contribution is 0.0363. The molecule has 0 aliphatic carbocycles. The third kappa shape index (κ3) is 4.95. The van der Waals surface area contributed by atoms with Crippen LogP contribution >= 0.6 is 15.9 Å². The summed E-state index contributed by atoms with van der Waals surface area (Å²) in [6.45, 7) is 11.8. The molecule has 1 fully saturated rings. The van der Waals surface area contributed by atoms with E-state index in [1.165, 1.54) is 11.4 Å². The van der Waals surface area contributed by atoms with Gasteiger partial charge in [-0.2, -0.15) is 0 Å². The Morgan fingerprint density at radius 2 is 2.00 bits per heavy atom. The quantitative estimate of drug-likeness (QED) is 0.506. The van der Waals surface area contributed by atoms with Crippen molar-refractivity contribution >= 4 is 32.8 Å². The van der Waals surface area contributed by atoms with Crippen LogP contribution in [0.1, 0.15) is 11.4 Å². The maximum Gasteiger partial charge on any atom is 0.180 e. The number of fused-ring (bicyclic) bond motifs is 1. The van der Waals surface area contributed by atoms with Gasteiger partial charge in [0.2, 0.25) is 0 Å². The molecule has 2 N–H and O–H groups in total.